The maximum Gasteiger partial charge on any atom is 0.184 e. The third-order valence-electron chi connectivity index (χ3n) is 8.06. The van der Waals surface area contributed by atoms with E-state index >= 15 is 0 Å². The van der Waals surface area contributed by atoms with Gasteiger partial charge < -0.3 is 20.3 Å². The summed E-state index contributed by atoms with van der Waals surface area (Å²) >= 11 is 0. The smallest absolute Gasteiger partial charge is 0.184 e. The summed E-state index contributed by atoms with van der Waals surface area (Å²) < 4.78 is 13.1. The van der Waals surface area contributed by atoms with Crippen LogP contribution in [0.25, 0.3) is 0 Å². The van der Waals surface area contributed by atoms with Crippen molar-refractivity contribution in [3.8, 4) is 0 Å². The Morgan fingerprint density at radius 1 is 0.941 bits per heavy atom. The minimum absolute atomic E-state index is 0.0420. The van der Waals surface area contributed by atoms with Crippen LogP contribution in [0.5, 0.6) is 0 Å². The molecule has 2 aromatic carbocycles. The zero-order chi connectivity index (χ0) is 23.9. The molecule has 2 unspecified atom stereocenters. The number of nitrogens with zero attached hydrogens (tertiary/aromatic N) is 1. The van der Waals surface area contributed by atoms with E-state index in [0.29, 0.717) is 23.4 Å². The molecule has 5 rings (SSSR count). The van der Waals surface area contributed by atoms with Gasteiger partial charge in [0.25, 0.3) is 0 Å². The van der Waals surface area contributed by atoms with Crippen molar-refractivity contribution in [1.29, 1.82) is 0 Å². The second-order valence-corrected chi connectivity index (χ2v) is 11.9. The minimum atomic E-state index is -0.401. The second-order valence-electron chi connectivity index (χ2n) is 11.9. The van der Waals surface area contributed by atoms with Crippen molar-refractivity contribution in [1.82, 2.24) is 4.90 Å². The molecule has 3 N–H and O–H groups in total. The van der Waals surface area contributed by atoms with Gasteiger partial charge in [0.2, 0.25) is 0 Å². The van der Waals surface area contributed by atoms with Crippen molar-refractivity contribution < 1.29 is 14.6 Å². The van der Waals surface area contributed by atoms with Crippen molar-refractivity contribution >= 4 is 0 Å². The fourth-order valence-electron chi connectivity index (χ4n) is 6.90. The van der Waals surface area contributed by atoms with E-state index in [4.69, 9.17) is 15.2 Å². The van der Waals surface area contributed by atoms with E-state index in [1.54, 1.807) is 0 Å². The van der Waals surface area contributed by atoms with Gasteiger partial charge in [0.05, 0.1) is 18.8 Å². The number of fused-ring (bicyclic) bond motifs is 2. The molecule has 2 saturated heterocycles. The number of aliphatic hydroxyl groups is 1. The molecular weight excluding hydrogens is 424 g/mol. The van der Waals surface area contributed by atoms with Crippen molar-refractivity contribution in [3.05, 3.63) is 70.8 Å². The van der Waals surface area contributed by atoms with Crippen LogP contribution in [0.1, 0.15) is 81.1 Å². The van der Waals surface area contributed by atoms with Crippen LogP contribution in [0.3, 0.4) is 0 Å². The molecule has 5 heteroatoms. The summed E-state index contributed by atoms with van der Waals surface area (Å²) in [4.78, 5) is 2.70. The lowest BCUT2D eigenvalue weighted by Gasteiger charge is -2.41. The van der Waals surface area contributed by atoms with Gasteiger partial charge in [0, 0.05) is 37.7 Å². The Bertz CT molecular complexity index is 918. The van der Waals surface area contributed by atoms with E-state index in [9.17, 15) is 5.11 Å². The Hall–Kier alpha value is -1.76. The fourth-order valence-corrected chi connectivity index (χ4v) is 6.90. The summed E-state index contributed by atoms with van der Waals surface area (Å²) in [6.07, 6.45) is 4.36. The first kappa shape index (κ1) is 24.0. The normalized spacial score (nSPS) is 33.2. The number of nitrogens with two attached hydrogens (primary N) is 1. The molecular formula is C29H40N2O3. The summed E-state index contributed by atoms with van der Waals surface area (Å²) in [5.74, 6) is 0. The molecule has 2 aliphatic heterocycles. The van der Waals surface area contributed by atoms with Crippen LogP contribution in [-0.4, -0.2) is 35.2 Å². The molecule has 2 aromatic rings. The fraction of sp³-hybridized carbons (Fsp3) is 0.586. The first-order chi connectivity index (χ1) is 16.3. The third-order valence-corrected chi connectivity index (χ3v) is 8.06. The summed E-state index contributed by atoms with van der Waals surface area (Å²) in [5, 5.41) is 9.44. The largest absolute Gasteiger partial charge is 0.392 e. The number of aliphatic hydroxyl groups excluding tert-OH is 1. The molecule has 0 aromatic heterocycles. The number of rotatable bonds is 6. The maximum atomic E-state index is 9.44. The number of ether oxygens (including phenoxy) is 2. The highest BCUT2D eigenvalue weighted by Gasteiger charge is 2.50. The first-order valence-corrected chi connectivity index (χ1v) is 12.8. The van der Waals surface area contributed by atoms with E-state index in [-0.39, 0.29) is 18.8 Å². The summed E-state index contributed by atoms with van der Waals surface area (Å²) in [6, 6.07) is 17.1. The predicted molar refractivity (Wildman–Crippen MR) is 134 cm³/mol. The van der Waals surface area contributed by atoms with E-state index < -0.39 is 6.29 Å². The average molecular weight is 465 g/mol. The van der Waals surface area contributed by atoms with Gasteiger partial charge in [0.1, 0.15) is 0 Å². The van der Waals surface area contributed by atoms with Crippen LogP contribution < -0.4 is 5.73 Å². The Morgan fingerprint density at radius 2 is 1.62 bits per heavy atom. The van der Waals surface area contributed by atoms with Gasteiger partial charge in [0.15, 0.2) is 6.29 Å². The number of hydrogen-bond acceptors (Lipinski definition) is 5. The van der Waals surface area contributed by atoms with Crippen LogP contribution in [0, 0.1) is 10.8 Å². The van der Waals surface area contributed by atoms with Crippen LogP contribution in [-0.2, 0) is 22.6 Å². The molecule has 3 fully saturated rings. The Morgan fingerprint density at radius 3 is 2.29 bits per heavy atom. The Labute approximate surface area is 204 Å². The van der Waals surface area contributed by atoms with Crippen molar-refractivity contribution in [3.63, 3.8) is 0 Å². The quantitative estimate of drug-likeness (QED) is 0.624. The molecule has 0 radical (unpaired) electrons. The van der Waals surface area contributed by atoms with Crippen molar-refractivity contribution in [2.45, 2.75) is 84.1 Å². The van der Waals surface area contributed by atoms with E-state index in [1.165, 1.54) is 19.3 Å². The van der Waals surface area contributed by atoms with E-state index in [0.717, 1.165) is 41.8 Å². The molecule has 2 heterocycles. The monoisotopic (exact) mass is 464 g/mol. The van der Waals surface area contributed by atoms with Crippen LogP contribution in [0.2, 0.25) is 0 Å². The lowest BCUT2D eigenvalue weighted by atomic mass is 9.65. The van der Waals surface area contributed by atoms with Crippen molar-refractivity contribution in [2.24, 2.45) is 16.6 Å². The highest BCUT2D eigenvalue weighted by molar-refractivity contribution is 5.26. The van der Waals surface area contributed by atoms with Gasteiger partial charge in [-0.15, -0.1) is 0 Å². The SMILES string of the molecule is CC1(C)CC2CC(C)(CN2C[C@@H]2C[C@H](c3ccc(CO)cc3)O[C@H](c3ccc(CN)cc3)O2)C1. The van der Waals surface area contributed by atoms with Gasteiger partial charge in [-0.05, 0) is 46.8 Å². The molecule has 5 nitrogen and oxygen atoms in total. The van der Waals surface area contributed by atoms with Gasteiger partial charge in [-0.3, -0.25) is 4.90 Å². The Kier molecular flexibility index (Phi) is 6.60. The standard InChI is InChI=1S/C29H40N2O3/c1-28(2)13-24-14-29(3,18-28)19-31(24)16-25-12-26(22-8-6-21(17-32)7-9-22)34-27(33-25)23-10-4-20(15-30)5-11-23/h4-11,24-27,32H,12-19,30H2,1-3H3/t24?,25-,26+,27+,29?/m0/s1. The molecule has 0 amide bonds. The topological polar surface area (TPSA) is 68.0 Å². The minimum Gasteiger partial charge on any atom is -0.392 e. The van der Waals surface area contributed by atoms with E-state index in [1.807, 2.05) is 12.1 Å². The molecule has 1 saturated carbocycles. The number of benzene rings is 2. The van der Waals surface area contributed by atoms with E-state index in [2.05, 4.69) is 62.1 Å². The lowest BCUT2D eigenvalue weighted by Crippen LogP contribution is -2.42. The number of hydrogen-bond donors (Lipinski definition) is 2. The summed E-state index contributed by atoms with van der Waals surface area (Å²) in [7, 11) is 0. The zero-order valence-corrected chi connectivity index (χ0v) is 20.9. The average Bonchev–Trinajstić information content (AvgIpc) is 3.06. The van der Waals surface area contributed by atoms with Crippen LogP contribution in [0.15, 0.2) is 48.5 Å². The highest BCUT2D eigenvalue weighted by Crippen LogP contribution is 2.52. The molecule has 3 aliphatic rings. The third kappa shape index (κ3) is 5.09. The van der Waals surface area contributed by atoms with Crippen molar-refractivity contribution in [2.75, 3.05) is 13.1 Å². The molecule has 184 valence electrons. The molecule has 2 bridgehead atoms. The summed E-state index contributed by atoms with van der Waals surface area (Å²) in [5.41, 5.74) is 10.8. The van der Waals surface area contributed by atoms with Gasteiger partial charge >= 0.3 is 0 Å². The predicted octanol–water partition coefficient (Wildman–Crippen LogP) is 5.08. The zero-order valence-electron chi connectivity index (χ0n) is 20.9. The van der Waals surface area contributed by atoms with Gasteiger partial charge in [-0.1, -0.05) is 69.3 Å². The highest BCUT2D eigenvalue weighted by atomic mass is 16.7. The van der Waals surface area contributed by atoms with Crippen LogP contribution in [0.4, 0.5) is 0 Å². The molecule has 5 atom stereocenters. The first-order valence-electron chi connectivity index (χ1n) is 12.8. The van der Waals surface area contributed by atoms with Gasteiger partial charge in [-0.2, -0.15) is 0 Å². The van der Waals surface area contributed by atoms with Gasteiger partial charge in [-0.25, -0.2) is 0 Å². The second kappa shape index (κ2) is 9.36. The number of likely N-dealkylation sites (tertiary alicyclic amines) is 1. The molecule has 0 spiro atoms. The molecule has 34 heavy (non-hydrogen) atoms. The lowest BCUT2D eigenvalue weighted by molar-refractivity contribution is -0.253. The maximum absolute atomic E-state index is 9.44. The summed E-state index contributed by atoms with van der Waals surface area (Å²) in [6.45, 7) is 10.0. The molecule has 1 aliphatic carbocycles. The Balaban J connectivity index is 1.37. The van der Waals surface area contributed by atoms with Crippen LogP contribution >= 0.6 is 0 Å².